The van der Waals surface area contributed by atoms with E-state index in [2.05, 4.69) is 9.88 Å². The molecule has 0 saturated heterocycles. The highest BCUT2D eigenvalue weighted by Gasteiger charge is 2.09. The number of halogens is 1. The Bertz CT molecular complexity index is 523. The lowest BCUT2D eigenvalue weighted by molar-refractivity contribution is 0.785. The van der Waals surface area contributed by atoms with Crippen molar-refractivity contribution < 1.29 is 0 Å². The molecular formula is C13H17ClN4. The smallest absolute Gasteiger partial charge is 0.0737 e. The van der Waals surface area contributed by atoms with E-state index in [1.807, 2.05) is 24.3 Å². The molecule has 0 radical (unpaired) electrons. The van der Waals surface area contributed by atoms with Gasteiger partial charge in [0.15, 0.2) is 0 Å². The molecule has 2 rings (SSSR count). The Kier molecular flexibility index (Phi) is 4.36. The molecule has 2 aromatic rings. The van der Waals surface area contributed by atoms with Gasteiger partial charge in [0.2, 0.25) is 0 Å². The summed E-state index contributed by atoms with van der Waals surface area (Å²) in [7, 11) is 0. The standard InChI is InChI=1S/C13H17ClN4/c14-10-1-2-11-12(9-10)17-6-3-13(11)18(7-4-15)8-5-16/h1-3,6,9H,4-5,7-8,15-16H2. The van der Waals surface area contributed by atoms with Gasteiger partial charge in [0.05, 0.1) is 5.52 Å². The van der Waals surface area contributed by atoms with Crippen molar-refractivity contribution in [1.82, 2.24) is 4.98 Å². The van der Waals surface area contributed by atoms with Crippen molar-refractivity contribution in [2.45, 2.75) is 0 Å². The van der Waals surface area contributed by atoms with Gasteiger partial charge < -0.3 is 16.4 Å². The van der Waals surface area contributed by atoms with Crippen molar-refractivity contribution in [3.8, 4) is 0 Å². The van der Waals surface area contributed by atoms with Crippen molar-refractivity contribution in [3.05, 3.63) is 35.5 Å². The van der Waals surface area contributed by atoms with Gasteiger partial charge in [0.25, 0.3) is 0 Å². The third-order valence-corrected chi connectivity index (χ3v) is 3.06. The van der Waals surface area contributed by atoms with Gasteiger partial charge in [-0.1, -0.05) is 11.6 Å². The molecule has 1 heterocycles. The molecule has 0 aliphatic rings. The Morgan fingerprint density at radius 1 is 1.11 bits per heavy atom. The quantitative estimate of drug-likeness (QED) is 0.861. The number of pyridine rings is 1. The first-order valence-electron chi connectivity index (χ1n) is 5.95. The van der Waals surface area contributed by atoms with Gasteiger partial charge in [-0.3, -0.25) is 4.98 Å². The molecule has 0 aliphatic heterocycles. The predicted molar refractivity (Wildman–Crippen MR) is 77.1 cm³/mol. The number of hydrogen-bond acceptors (Lipinski definition) is 4. The van der Waals surface area contributed by atoms with Crippen LogP contribution in [0.15, 0.2) is 30.5 Å². The summed E-state index contributed by atoms with van der Waals surface area (Å²) in [5, 5.41) is 1.76. The molecule has 0 bridgehead atoms. The minimum Gasteiger partial charge on any atom is -0.368 e. The van der Waals surface area contributed by atoms with Gasteiger partial charge in [-0.25, -0.2) is 0 Å². The van der Waals surface area contributed by atoms with E-state index < -0.39 is 0 Å². The van der Waals surface area contributed by atoms with E-state index >= 15 is 0 Å². The lowest BCUT2D eigenvalue weighted by Gasteiger charge is -2.24. The van der Waals surface area contributed by atoms with Gasteiger partial charge >= 0.3 is 0 Å². The maximum absolute atomic E-state index is 5.98. The minimum atomic E-state index is 0.595. The van der Waals surface area contributed by atoms with Crippen LogP contribution < -0.4 is 16.4 Å². The van der Waals surface area contributed by atoms with Crippen LogP contribution in [0, 0.1) is 0 Å². The number of rotatable bonds is 5. The molecule has 0 aliphatic carbocycles. The van der Waals surface area contributed by atoms with Crippen molar-refractivity contribution in [3.63, 3.8) is 0 Å². The van der Waals surface area contributed by atoms with E-state index in [4.69, 9.17) is 23.1 Å². The molecule has 4 nitrogen and oxygen atoms in total. The number of hydrogen-bond donors (Lipinski definition) is 2. The van der Waals surface area contributed by atoms with E-state index in [-0.39, 0.29) is 0 Å². The number of aromatic nitrogens is 1. The molecule has 4 N–H and O–H groups in total. The van der Waals surface area contributed by atoms with Crippen LogP contribution in [0.1, 0.15) is 0 Å². The van der Waals surface area contributed by atoms with Crippen LogP contribution in [0.2, 0.25) is 5.02 Å². The lowest BCUT2D eigenvalue weighted by Crippen LogP contribution is -2.34. The number of nitrogens with two attached hydrogens (primary N) is 2. The Labute approximate surface area is 112 Å². The molecule has 1 aromatic heterocycles. The first-order valence-corrected chi connectivity index (χ1v) is 6.33. The number of anilines is 1. The molecular weight excluding hydrogens is 248 g/mol. The third-order valence-electron chi connectivity index (χ3n) is 2.82. The van der Waals surface area contributed by atoms with Crippen molar-refractivity contribution >= 4 is 28.2 Å². The maximum Gasteiger partial charge on any atom is 0.0737 e. The summed E-state index contributed by atoms with van der Waals surface area (Å²) in [6.07, 6.45) is 1.79. The van der Waals surface area contributed by atoms with Crippen LogP contribution in [-0.2, 0) is 0 Å². The number of fused-ring (bicyclic) bond motifs is 1. The SMILES string of the molecule is NCCN(CCN)c1ccnc2cc(Cl)ccc12. The number of benzene rings is 1. The Morgan fingerprint density at radius 2 is 1.83 bits per heavy atom. The van der Waals surface area contributed by atoms with E-state index in [9.17, 15) is 0 Å². The minimum absolute atomic E-state index is 0.595. The second-order valence-electron chi connectivity index (χ2n) is 4.06. The van der Waals surface area contributed by atoms with Crippen LogP contribution in [0.5, 0.6) is 0 Å². The highest BCUT2D eigenvalue weighted by molar-refractivity contribution is 6.31. The van der Waals surface area contributed by atoms with Crippen LogP contribution >= 0.6 is 11.6 Å². The summed E-state index contributed by atoms with van der Waals surface area (Å²) in [6.45, 7) is 2.74. The first kappa shape index (κ1) is 13.1. The average molecular weight is 265 g/mol. The molecule has 5 heteroatoms. The van der Waals surface area contributed by atoms with Crippen molar-refractivity contribution in [2.24, 2.45) is 11.5 Å². The molecule has 18 heavy (non-hydrogen) atoms. The van der Waals surface area contributed by atoms with Gasteiger partial charge in [0, 0.05) is 48.5 Å². The molecule has 1 aromatic carbocycles. The average Bonchev–Trinajstić information content (AvgIpc) is 2.37. The summed E-state index contributed by atoms with van der Waals surface area (Å²) in [5.74, 6) is 0. The highest BCUT2D eigenvalue weighted by atomic mass is 35.5. The Morgan fingerprint density at radius 3 is 2.50 bits per heavy atom. The van der Waals surface area contributed by atoms with Gasteiger partial charge in [0.1, 0.15) is 0 Å². The number of nitrogens with zero attached hydrogens (tertiary/aromatic N) is 2. The fourth-order valence-electron chi connectivity index (χ4n) is 2.05. The summed E-state index contributed by atoms with van der Waals surface area (Å²) < 4.78 is 0. The molecule has 0 spiro atoms. The van der Waals surface area contributed by atoms with Gasteiger partial charge in [-0.2, -0.15) is 0 Å². The van der Waals surface area contributed by atoms with E-state index in [0.29, 0.717) is 18.1 Å². The second-order valence-corrected chi connectivity index (χ2v) is 4.49. The highest BCUT2D eigenvalue weighted by Crippen LogP contribution is 2.27. The molecule has 0 saturated carbocycles. The van der Waals surface area contributed by atoms with Crippen LogP contribution in [-0.4, -0.2) is 31.2 Å². The molecule has 0 amide bonds. The topological polar surface area (TPSA) is 68.2 Å². The fraction of sp³-hybridized carbons (Fsp3) is 0.308. The molecule has 0 unspecified atom stereocenters. The van der Waals surface area contributed by atoms with E-state index in [1.54, 1.807) is 6.20 Å². The first-order chi connectivity index (χ1) is 8.76. The van der Waals surface area contributed by atoms with Crippen LogP contribution in [0.3, 0.4) is 0 Å². The zero-order valence-corrected chi connectivity index (χ0v) is 10.9. The summed E-state index contributed by atoms with van der Waals surface area (Å²) in [4.78, 5) is 6.51. The van der Waals surface area contributed by atoms with Crippen molar-refractivity contribution in [2.75, 3.05) is 31.1 Å². The van der Waals surface area contributed by atoms with Crippen LogP contribution in [0.25, 0.3) is 10.9 Å². The molecule has 0 fully saturated rings. The van der Waals surface area contributed by atoms with E-state index in [0.717, 1.165) is 29.7 Å². The summed E-state index contributed by atoms with van der Waals surface area (Å²) in [5.41, 5.74) is 13.3. The maximum atomic E-state index is 5.98. The largest absolute Gasteiger partial charge is 0.368 e. The zero-order chi connectivity index (χ0) is 13.0. The third kappa shape index (κ3) is 2.72. The monoisotopic (exact) mass is 264 g/mol. The Hall–Kier alpha value is -1.36. The van der Waals surface area contributed by atoms with Gasteiger partial charge in [-0.15, -0.1) is 0 Å². The van der Waals surface area contributed by atoms with Gasteiger partial charge in [-0.05, 0) is 24.3 Å². The zero-order valence-electron chi connectivity index (χ0n) is 10.1. The van der Waals surface area contributed by atoms with Crippen LogP contribution in [0.4, 0.5) is 5.69 Å². The fourth-order valence-corrected chi connectivity index (χ4v) is 2.21. The second kappa shape index (κ2) is 6.00. The predicted octanol–water partition coefficient (Wildman–Crippen LogP) is 1.61. The van der Waals surface area contributed by atoms with E-state index in [1.165, 1.54) is 0 Å². The normalized spacial score (nSPS) is 10.8. The molecule has 96 valence electrons. The van der Waals surface area contributed by atoms with Crippen molar-refractivity contribution in [1.29, 1.82) is 0 Å². The Balaban J connectivity index is 2.48. The summed E-state index contributed by atoms with van der Waals surface area (Å²) >= 11 is 5.98. The summed E-state index contributed by atoms with van der Waals surface area (Å²) in [6, 6.07) is 7.71. The molecule has 0 atom stereocenters. The lowest BCUT2D eigenvalue weighted by atomic mass is 10.1.